The van der Waals surface area contributed by atoms with Gasteiger partial charge in [0.05, 0.1) is 6.10 Å². The van der Waals surface area contributed by atoms with E-state index in [0.29, 0.717) is 18.2 Å². The standard InChI is InChI=1S/C15H32N2O/c1-12(2)9-14(17(3)4)11-16-13-7-6-8-15(10-13)18-5/h12-16H,6-11H2,1-5H3. The lowest BCUT2D eigenvalue weighted by molar-refractivity contribution is 0.0575. The monoisotopic (exact) mass is 256 g/mol. The topological polar surface area (TPSA) is 24.5 Å². The van der Waals surface area contributed by atoms with Gasteiger partial charge in [-0.15, -0.1) is 0 Å². The minimum absolute atomic E-state index is 0.471. The molecule has 1 aliphatic carbocycles. The van der Waals surface area contributed by atoms with Crippen LogP contribution in [0.4, 0.5) is 0 Å². The molecule has 0 aliphatic heterocycles. The number of likely N-dealkylation sites (N-methyl/N-ethyl adjacent to an activating group) is 1. The van der Waals surface area contributed by atoms with Gasteiger partial charge in [0, 0.05) is 25.7 Å². The Bertz CT molecular complexity index is 219. The lowest BCUT2D eigenvalue weighted by Gasteiger charge is -2.32. The summed E-state index contributed by atoms with van der Waals surface area (Å²) < 4.78 is 5.49. The lowest BCUT2D eigenvalue weighted by Crippen LogP contribution is -2.45. The van der Waals surface area contributed by atoms with Crippen molar-refractivity contribution in [3.8, 4) is 0 Å². The Balaban J connectivity index is 2.32. The van der Waals surface area contributed by atoms with Crippen LogP contribution in [-0.4, -0.2) is 50.8 Å². The number of ether oxygens (including phenoxy) is 1. The van der Waals surface area contributed by atoms with Crippen LogP contribution in [0, 0.1) is 5.92 Å². The molecule has 0 saturated heterocycles. The van der Waals surface area contributed by atoms with E-state index in [4.69, 9.17) is 4.74 Å². The zero-order chi connectivity index (χ0) is 13.5. The highest BCUT2D eigenvalue weighted by atomic mass is 16.5. The Hall–Kier alpha value is -0.120. The fourth-order valence-electron chi connectivity index (χ4n) is 2.87. The third-order valence-electron chi connectivity index (χ3n) is 4.08. The molecule has 3 unspecified atom stereocenters. The van der Waals surface area contributed by atoms with Crippen LogP contribution in [0.5, 0.6) is 0 Å². The van der Waals surface area contributed by atoms with Crippen molar-refractivity contribution >= 4 is 0 Å². The highest BCUT2D eigenvalue weighted by molar-refractivity contribution is 4.81. The van der Waals surface area contributed by atoms with E-state index >= 15 is 0 Å². The first kappa shape index (κ1) is 15.9. The molecule has 0 heterocycles. The third kappa shape index (κ3) is 5.68. The average molecular weight is 256 g/mol. The normalized spacial score (nSPS) is 26.8. The van der Waals surface area contributed by atoms with Gasteiger partial charge in [0.25, 0.3) is 0 Å². The first-order valence-electron chi connectivity index (χ1n) is 7.45. The smallest absolute Gasteiger partial charge is 0.0586 e. The van der Waals surface area contributed by atoms with E-state index in [1.54, 1.807) is 0 Å². The second-order valence-corrected chi connectivity index (χ2v) is 6.38. The van der Waals surface area contributed by atoms with Crippen LogP contribution >= 0.6 is 0 Å². The molecule has 3 heteroatoms. The first-order chi connectivity index (χ1) is 8.52. The molecule has 3 nitrogen and oxygen atoms in total. The second-order valence-electron chi connectivity index (χ2n) is 6.38. The zero-order valence-corrected chi connectivity index (χ0v) is 12.9. The first-order valence-corrected chi connectivity index (χ1v) is 7.45. The fraction of sp³-hybridized carbons (Fsp3) is 1.00. The molecular weight excluding hydrogens is 224 g/mol. The zero-order valence-electron chi connectivity index (χ0n) is 12.9. The average Bonchev–Trinajstić information content (AvgIpc) is 2.34. The minimum Gasteiger partial charge on any atom is -0.381 e. The van der Waals surface area contributed by atoms with Gasteiger partial charge in [-0.25, -0.2) is 0 Å². The van der Waals surface area contributed by atoms with Crippen molar-refractivity contribution in [1.82, 2.24) is 10.2 Å². The van der Waals surface area contributed by atoms with Crippen LogP contribution < -0.4 is 5.32 Å². The van der Waals surface area contributed by atoms with Gasteiger partial charge in [-0.1, -0.05) is 13.8 Å². The quantitative estimate of drug-likeness (QED) is 0.757. The lowest BCUT2D eigenvalue weighted by atomic mass is 9.92. The highest BCUT2D eigenvalue weighted by Crippen LogP contribution is 2.21. The Kier molecular flexibility index (Phi) is 7.20. The van der Waals surface area contributed by atoms with Crippen molar-refractivity contribution in [2.45, 2.75) is 64.1 Å². The van der Waals surface area contributed by atoms with E-state index in [-0.39, 0.29) is 0 Å². The fourth-order valence-corrected chi connectivity index (χ4v) is 2.87. The summed E-state index contributed by atoms with van der Waals surface area (Å²) in [5.41, 5.74) is 0. The van der Waals surface area contributed by atoms with Crippen molar-refractivity contribution in [2.75, 3.05) is 27.7 Å². The van der Waals surface area contributed by atoms with Crippen molar-refractivity contribution in [3.05, 3.63) is 0 Å². The summed E-state index contributed by atoms with van der Waals surface area (Å²) in [6, 6.07) is 1.30. The molecule has 0 radical (unpaired) electrons. The SMILES string of the molecule is COC1CCCC(NCC(CC(C)C)N(C)C)C1. The summed E-state index contributed by atoms with van der Waals surface area (Å²) in [6.07, 6.45) is 6.75. The molecule has 1 N–H and O–H groups in total. The van der Waals surface area contributed by atoms with Gasteiger partial charge < -0.3 is 15.0 Å². The molecule has 0 amide bonds. The highest BCUT2D eigenvalue weighted by Gasteiger charge is 2.22. The molecule has 18 heavy (non-hydrogen) atoms. The number of methoxy groups -OCH3 is 1. The van der Waals surface area contributed by atoms with Crippen LogP contribution in [0.15, 0.2) is 0 Å². The van der Waals surface area contributed by atoms with E-state index in [2.05, 4.69) is 38.2 Å². The maximum absolute atomic E-state index is 5.49. The van der Waals surface area contributed by atoms with E-state index in [9.17, 15) is 0 Å². The van der Waals surface area contributed by atoms with Crippen molar-refractivity contribution in [3.63, 3.8) is 0 Å². The molecule has 0 aromatic heterocycles. The molecule has 1 saturated carbocycles. The number of hydrogen-bond donors (Lipinski definition) is 1. The predicted octanol–water partition coefficient (Wildman–Crippen LogP) is 2.51. The Morgan fingerprint density at radius 2 is 2.00 bits per heavy atom. The Labute approximate surface area is 113 Å². The van der Waals surface area contributed by atoms with Crippen LogP contribution in [0.1, 0.15) is 46.0 Å². The predicted molar refractivity (Wildman–Crippen MR) is 78.0 cm³/mol. The Morgan fingerprint density at radius 1 is 1.28 bits per heavy atom. The van der Waals surface area contributed by atoms with E-state index in [1.165, 1.54) is 32.1 Å². The van der Waals surface area contributed by atoms with E-state index in [1.807, 2.05) is 7.11 Å². The van der Waals surface area contributed by atoms with Crippen LogP contribution in [0.25, 0.3) is 0 Å². The molecule has 3 atom stereocenters. The van der Waals surface area contributed by atoms with Crippen molar-refractivity contribution in [1.29, 1.82) is 0 Å². The summed E-state index contributed by atoms with van der Waals surface area (Å²) in [5.74, 6) is 0.761. The van der Waals surface area contributed by atoms with Gasteiger partial charge in [-0.2, -0.15) is 0 Å². The van der Waals surface area contributed by atoms with Crippen LogP contribution in [0.2, 0.25) is 0 Å². The molecule has 1 fully saturated rings. The third-order valence-corrected chi connectivity index (χ3v) is 4.08. The summed E-state index contributed by atoms with van der Waals surface area (Å²) >= 11 is 0. The molecular formula is C15H32N2O. The molecule has 1 aliphatic rings. The summed E-state index contributed by atoms with van der Waals surface area (Å²) in [6.45, 7) is 5.71. The van der Waals surface area contributed by atoms with Gasteiger partial charge in [-0.05, 0) is 52.1 Å². The second kappa shape index (κ2) is 8.13. The van der Waals surface area contributed by atoms with Crippen molar-refractivity contribution < 1.29 is 4.74 Å². The molecule has 0 aromatic carbocycles. The van der Waals surface area contributed by atoms with Gasteiger partial charge in [0.1, 0.15) is 0 Å². The van der Waals surface area contributed by atoms with Crippen LogP contribution in [-0.2, 0) is 4.74 Å². The Morgan fingerprint density at radius 3 is 2.56 bits per heavy atom. The molecule has 0 aromatic rings. The van der Waals surface area contributed by atoms with Gasteiger partial charge in [0.15, 0.2) is 0 Å². The molecule has 108 valence electrons. The van der Waals surface area contributed by atoms with Crippen molar-refractivity contribution in [2.24, 2.45) is 5.92 Å². The number of nitrogens with one attached hydrogen (secondary N) is 1. The van der Waals surface area contributed by atoms with Gasteiger partial charge in [-0.3, -0.25) is 0 Å². The number of rotatable bonds is 7. The maximum Gasteiger partial charge on any atom is 0.0586 e. The minimum atomic E-state index is 0.471. The van der Waals surface area contributed by atoms with Gasteiger partial charge >= 0.3 is 0 Å². The van der Waals surface area contributed by atoms with E-state index < -0.39 is 0 Å². The summed E-state index contributed by atoms with van der Waals surface area (Å²) in [5, 5.41) is 3.75. The number of hydrogen-bond acceptors (Lipinski definition) is 3. The molecule has 0 bridgehead atoms. The van der Waals surface area contributed by atoms with Gasteiger partial charge in [0.2, 0.25) is 0 Å². The molecule has 0 spiro atoms. The summed E-state index contributed by atoms with van der Waals surface area (Å²) in [7, 11) is 6.22. The largest absolute Gasteiger partial charge is 0.381 e. The van der Waals surface area contributed by atoms with Crippen LogP contribution in [0.3, 0.4) is 0 Å². The maximum atomic E-state index is 5.49. The molecule has 1 rings (SSSR count). The summed E-state index contributed by atoms with van der Waals surface area (Å²) in [4.78, 5) is 2.35. The van der Waals surface area contributed by atoms with E-state index in [0.717, 1.165) is 12.5 Å². The number of nitrogens with zero attached hydrogens (tertiary/aromatic N) is 1.